The first kappa shape index (κ1) is 13.8. The Morgan fingerprint density at radius 2 is 1.69 bits per heavy atom. The van der Waals surface area contributed by atoms with Crippen LogP contribution in [0.1, 0.15) is 16.4 Å². The van der Waals surface area contributed by atoms with Gasteiger partial charge in [0.15, 0.2) is 0 Å². The lowest BCUT2D eigenvalue weighted by Crippen LogP contribution is -3.00. The third-order valence-corrected chi connectivity index (χ3v) is 4.40. The number of nitrogens with two attached hydrogens (primary N) is 2. The molecule has 2 aromatic heterocycles. The Balaban J connectivity index is 0.00000128. The van der Waals surface area contributed by atoms with Crippen LogP contribution in [0.3, 0.4) is 0 Å². The molecule has 0 fully saturated rings. The average molecular weight is 335 g/mol. The number of amidine groups is 1. The smallest absolute Gasteiger partial charge is 0.300 e. The summed E-state index contributed by atoms with van der Waals surface area (Å²) in [6.45, 7) is 0. The molecule has 0 radical (unpaired) electrons. The first-order chi connectivity index (χ1) is 7.27. The summed E-state index contributed by atoms with van der Waals surface area (Å²) in [4.78, 5) is 0. The SMILES string of the molecule is NC(=[NH2+])SC(c1ccsc1)c1ccsc1.[Br-]. The van der Waals surface area contributed by atoms with Crippen molar-refractivity contribution in [3.63, 3.8) is 0 Å². The van der Waals surface area contributed by atoms with E-state index in [1.807, 2.05) is 0 Å². The zero-order chi connectivity index (χ0) is 10.7. The number of thiophene rings is 2. The minimum atomic E-state index is 0. The summed E-state index contributed by atoms with van der Waals surface area (Å²) in [5.74, 6) is 0. The second-order valence-corrected chi connectivity index (χ2v) is 5.75. The van der Waals surface area contributed by atoms with Crippen LogP contribution in [-0.2, 0) is 0 Å². The second kappa shape index (κ2) is 6.44. The molecule has 4 N–H and O–H groups in total. The molecule has 0 aliphatic heterocycles. The van der Waals surface area contributed by atoms with Crippen molar-refractivity contribution in [1.29, 1.82) is 0 Å². The van der Waals surface area contributed by atoms with Crippen molar-refractivity contribution in [2.45, 2.75) is 5.25 Å². The molecule has 0 unspecified atom stereocenters. The summed E-state index contributed by atoms with van der Waals surface area (Å²) < 4.78 is 0. The second-order valence-electron chi connectivity index (χ2n) is 3.01. The van der Waals surface area contributed by atoms with Crippen LogP contribution in [0.25, 0.3) is 0 Å². The number of halogens is 1. The lowest BCUT2D eigenvalue weighted by molar-refractivity contribution is -0.110. The van der Waals surface area contributed by atoms with Gasteiger partial charge in [0.1, 0.15) is 0 Å². The summed E-state index contributed by atoms with van der Waals surface area (Å²) in [7, 11) is 0. The summed E-state index contributed by atoms with van der Waals surface area (Å²) in [5.41, 5.74) is 8.09. The van der Waals surface area contributed by atoms with Gasteiger partial charge < -0.3 is 17.0 Å². The normalized spacial score (nSPS) is 10.1. The highest BCUT2D eigenvalue weighted by atomic mass is 79.9. The molecule has 2 rings (SSSR count). The van der Waals surface area contributed by atoms with E-state index >= 15 is 0 Å². The summed E-state index contributed by atoms with van der Waals surface area (Å²) in [6, 6.07) is 4.23. The van der Waals surface area contributed by atoms with E-state index in [4.69, 9.17) is 11.1 Å². The van der Waals surface area contributed by atoms with Crippen LogP contribution in [0, 0.1) is 0 Å². The van der Waals surface area contributed by atoms with Gasteiger partial charge in [-0.05, 0) is 56.5 Å². The fourth-order valence-corrected chi connectivity index (χ4v) is 3.69. The number of hydrogen-bond donors (Lipinski definition) is 2. The van der Waals surface area contributed by atoms with E-state index in [0.717, 1.165) is 0 Å². The van der Waals surface area contributed by atoms with E-state index < -0.39 is 0 Å². The lowest BCUT2D eigenvalue weighted by Gasteiger charge is -2.10. The van der Waals surface area contributed by atoms with Crippen LogP contribution in [0.15, 0.2) is 33.7 Å². The molecule has 86 valence electrons. The van der Waals surface area contributed by atoms with E-state index in [0.29, 0.717) is 5.17 Å². The molecule has 0 bridgehead atoms. The van der Waals surface area contributed by atoms with E-state index in [9.17, 15) is 0 Å². The average Bonchev–Trinajstić information content (AvgIpc) is 2.87. The topological polar surface area (TPSA) is 51.6 Å². The van der Waals surface area contributed by atoms with Gasteiger partial charge in [0.25, 0.3) is 0 Å². The van der Waals surface area contributed by atoms with E-state index in [-0.39, 0.29) is 22.2 Å². The molecular weight excluding hydrogens is 324 g/mol. The molecule has 0 spiro atoms. The predicted octanol–water partition coefficient (Wildman–Crippen LogP) is -1.29. The van der Waals surface area contributed by atoms with Crippen molar-refractivity contribution in [3.8, 4) is 0 Å². The molecule has 0 aliphatic carbocycles. The third-order valence-electron chi connectivity index (χ3n) is 1.95. The quantitative estimate of drug-likeness (QED) is 0.542. The van der Waals surface area contributed by atoms with Gasteiger partial charge in [0.2, 0.25) is 0 Å². The molecular formula is C10H11BrN2S3. The molecule has 16 heavy (non-hydrogen) atoms. The highest BCUT2D eigenvalue weighted by Crippen LogP contribution is 2.36. The first-order valence-corrected chi connectivity index (χ1v) is 7.12. The summed E-state index contributed by atoms with van der Waals surface area (Å²) in [6.07, 6.45) is 0. The van der Waals surface area contributed by atoms with Crippen molar-refractivity contribution in [3.05, 3.63) is 44.8 Å². The minimum Gasteiger partial charge on any atom is -1.00 e. The number of hydrogen-bond acceptors (Lipinski definition) is 3. The van der Waals surface area contributed by atoms with Gasteiger partial charge in [-0.2, -0.15) is 22.7 Å². The predicted molar refractivity (Wildman–Crippen MR) is 69.2 cm³/mol. The molecule has 0 aliphatic rings. The van der Waals surface area contributed by atoms with Crippen LogP contribution in [0.5, 0.6) is 0 Å². The lowest BCUT2D eigenvalue weighted by atomic mass is 10.1. The van der Waals surface area contributed by atoms with Crippen LogP contribution >= 0.6 is 34.4 Å². The maximum Gasteiger partial charge on any atom is 0.300 e. The van der Waals surface area contributed by atoms with Crippen LogP contribution in [0.2, 0.25) is 0 Å². The fourth-order valence-electron chi connectivity index (χ4n) is 1.31. The number of rotatable bonds is 3. The van der Waals surface area contributed by atoms with Gasteiger partial charge in [0, 0.05) is 0 Å². The first-order valence-electron chi connectivity index (χ1n) is 4.36. The number of thioether (sulfide) groups is 1. The minimum absolute atomic E-state index is 0. The maximum absolute atomic E-state index is 5.57. The molecule has 2 aromatic rings. The van der Waals surface area contributed by atoms with Gasteiger partial charge in [-0.1, -0.05) is 0 Å². The van der Waals surface area contributed by atoms with E-state index in [1.165, 1.54) is 22.9 Å². The third kappa shape index (κ3) is 3.35. The molecule has 0 saturated carbocycles. The monoisotopic (exact) mass is 334 g/mol. The Labute approximate surface area is 117 Å². The van der Waals surface area contributed by atoms with Crippen molar-refractivity contribution < 1.29 is 22.4 Å². The van der Waals surface area contributed by atoms with E-state index in [1.54, 1.807) is 22.7 Å². The molecule has 2 nitrogen and oxygen atoms in total. The Hall–Kier alpha value is -0.300. The van der Waals surface area contributed by atoms with Crippen LogP contribution in [-0.4, -0.2) is 5.17 Å². The standard InChI is InChI=1S/C10H10N2S3.BrH/c11-10(12)15-9(7-1-3-13-5-7)8-2-4-14-6-8;/h1-6,9H,(H3,11,12);1H. The Kier molecular flexibility index (Phi) is 5.54. The highest BCUT2D eigenvalue weighted by Gasteiger charge is 2.18. The molecule has 0 saturated heterocycles. The van der Waals surface area contributed by atoms with Gasteiger partial charge in [0.05, 0.1) is 5.25 Å². The molecule has 0 atom stereocenters. The van der Waals surface area contributed by atoms with Gasteiger partial charge in [-0.25, -0.2) is 0 Å². The van der Waals surface area contributed by atoms with Crippen LogP contribution in [0.4, 0.5) is 0 Å². The van der Waals surface area contributed by atoms with Gasteiger partial charge >= 0.3 is 5.17 Å². The Morgan fingerprint density at radius 3 is 2.00 bits per heavy atom. The molecule has 6 heteroatoms. The van der Waals surface area contributed by atoms with E-state index in [2.05, 4.69) is 33.7 Å². The summed E-state index contributed by atoms with van der Waals surface area (Å²) >= 11 is 4.88. The van der Waals surface area contributed by atoms with Crippen molar-refractivity contribution in [2.24, 2.45) is 5.73 Å². The van der Waals surface area contributed by atoms with Crippen molar-refractivity contribution in [1.82, 2.24) is 0 Å². The zero-order valence-electron chi connectivity index (χ0n) is 8.30. The Bertz CT molecular complexity index is 391. The molecule has 2 heterocycles. The maximum atomic E-state index is 5.57. The van der Waals surface area contributed by atoms with Crippen molar-refractivity contribution in [2.75, 3.05) is 0 Å². The van der Waals surface area contributed by atoms with Gasteiger partial charge in [-0.15, -0.1) is 0 Å². The summed E-state index contributed by atoms with van der Waals surface area (Å²) in [5, 5.41) is 14.6. The Morgan fingerprint density at radius 1 is 1.19 bits per heavy atom. The zero-order valence-corrected chi connectivity index (χ0v) is 12.3. The molecule has 0 aromatic carbocycles. The highest BCUT2D eigenvalue weighted by molar-refractivity contribution is 8.13. The van der Waals surface area contributed by atoms with Crippen LogP contribution < -0.4 is 28.1 Å². The van der Waals surface area contributed by atoms with Gasteiger partial charge in [-0.3, -0.25) is 11.1 Å². The fraction of sp³-hybridized carbons (Fsp3) is 0.100. The van der Waals surface area contributed by atoms with Crippen molar-refractivity contribution >= 4 is 39.6 Å². The largest absolute Gasteiger partial charge is 1.00 e. The molecule has 0 amide bonds.